The number of likely N-dealkylation sites (tertiary alicyclic amines) is 1. The van der Waals surface area contributed by atoms with Gasteiger partial charge in [0.05, 0.1) is 6.10 Å². The fourth-order valence-electron chi connectivity index (χ4n) is 2.18. The Morgan fingerprint density at radius 3 is 3.00 bits per heavy atom. The molecule has 104 valence electrons. The number of allylic oxidation sites excluding steroid dienone is 1. The number of hydrogen-bond donors (Lipinski definition) is 2. The molecule has 1 fully saturated rings. The zero-order chi connectivity index (χ0) is 13.5. The Hall–Kier alpha value is -1.03. The highest BCUT2D eigenvalue weighted by atomic mass is 16.3. The van der Waals surface area contributed by atoms with Crippen molar-refractivity contribution in [3.63, 3.8) is 0 Å². The van der Waals surface area contributed by atoms with Crippen LogP contribution in [0.3, 0.4) is 0 Å². The maximum atomic E-state index is 12.0. The van der Waals surface area contributed by atoms with E-state index in [0.29, 0.717) is 12.5 Å². The lowest BCUT2D eigenvalue weighted by molar-refractivity contribution is 0.0430. The van der Waals surface area contributed by atoms with Crippen LogP contribution in [0.5, 0.6) is 0 Å². The molecule has 1 heterocycles. The topological polar surface area (TPSA) is 52.6 Å². The van der Waals surface area contributed by atoms with E-state index in [9.17, 15) is 9.90 Å². The number of nitrogens with zero attached hydrogens (tertiary/aromatic N) is 1. The Bertz CT molecular complexity index is 281. The molecule has 0 aliphatic carbocycles. The van der Waals surface area contributed by atoms with Crippen LogP contribution in [-0.2, 0) is 0 Å². The van der Waals surface area contributed by atoms with E-state index >= 15 is 0 Å². The normalized spacial score (nSPS) is 25.6. The van der Waals surface area contributed by atoms with E-state index in [1.54, 1.807) is 4.90 Å². The van der Waals surface area contributed by atoms with Crippen LogP contribution in [0.15, 0.2) is 12.7 Å². The van der Waals surface area contributed by atoms with Crippen LogP contribution in [0.4, 0.5) is 4.79 Å². The van der Waals surface area contributed by atoms with Crippen molar-refractivity contribution in [3.8, 4) is 0 Å². The van der Waals surface area contributed by atoms with Crippen molar-refractivity contribution in [1.82, 2.24) is 10.2 Å². The average molecular weight is 254 g/mol. The van der Waals surface area contributed by atoms with E-state index in [2.05, 4.69) is 11.9 Å². The van der Waals surface area contributed by atoms with Crippen LogP contribution in [0, 0.1) is 5.92 Å². The van der Waals surface area contributed by atoms with Crippen LogP contribution < -0.4 is 5.32 Å². The van der Waals surface area contributed by atoms with E-state index in [1.807, 2.05) is 19.9 Å². The summed E-state index contributed by atoms with van der Waals surface area (Å²) < 4.78 is 0. The third kappa shape index (κ3) is 4.69. The molecule has 1 saturated heterocycles. The standard InChI is InChI=1S/C14H26N2O2/c1-4-5-6-7-12(3)15-14(18)16-9-8-11(2)13(17)10-16/h4,11-13,17H,1,5-10H2,2-3H3,(H,15,18). The van der Waals surface area contributed by atoms with Gasteiger partial charge in [-0.2, -0.15) is 0 Å². The second kappa shape index (κ2) is 7.41. The number of amides is 2. The van der Waals surface area contributed by atoms with E-state index in [-0.39, 0.29) is 18.2 Å². The van der Waals surface area contributed by atoms with Gasteiger partial charge in [0.1, 0.15) is 0 Å². The van der Waals surface area contributed by atoms with Gasteiger partial charge in [-0.1, -0.05) is 13.0 Å². The van der Waals surface area contributed by atoms with Gasteiger partial charge in [-0.05, 0) is 38.5 Å². The SMILES string of the molecule is C=CCCCC(C)NC(=O)N1CCC(C)C(O)C1. The molecule has 0 aromatic rings. The molecule has 0 radical (unpaired) electrons. The predicted molar refractivity (Wildman–Crippen MR) is 73.4 cm³/mol. The summed E-state index contributed by atoms with van der Waals surface area (Å²) in [7, 11) is 0. The number of rotatable bonds is 5. The van der Waals surface area contributed by atoms with Gasteiger partial charge in [-0.3, -0.25) is 0 Å². The van der Waals surface area contributed by atoms with Gasteiger partial charge in [0.2, 0.25) is 0 Å². The minimum absolute atomic E-state index is 0.0490. The number of aliphatic hydroxyl groups excluding tert-OH is 1. The van der Waals surface area contributed by atoms with E-state index in [0.717, 1.165) is 32.2 Å². The van der Waals surface area contributed by atoms with Gasteiger partial charge >= 0.3 is 6.03 Å². The van der Waals surface area contributed by atoms with Gasteiger partial charge in [0.15, 0.2) is 0 Å². The highest BCUT2D eigenvalue weighted by molar-refractivity contribution is 5.74. The summed E-state index contributed by atoms with van der Waals surface area (Å²) >= 11 is 0. The van der Waals surface area contributed by atoms with E-state index in [4.69, 9.17) is 0 Å². The molecular weight excluding hydrogens is 228 g/mol. The lowest BCUT2D eigenvalue weighted by Crippen LogP contribution is -2.51. The number of β-amino-alcohol motifs (C(OH)–C–C–N with tert-alkyl or cyclic N) is 1. The first-order chi connectivity index (χ1) is 8.54. The number of unbranched alkanes of at least 4 members (excludes halogenated alkanes) is 1. The first-order valence-corrected chi connectivity index (χ1v) is 6.89. The first-order valence-electron chi connectivity index (χ1n) is 6.89. The molecule has 18 heavy (non-hydrogen) atoms. The van der Waals surface area contributed by atoms with Crippen LogP contribution >= 0.6 is 0 Å². The summed E-state index contributed by atoms with van der Waals surface area (Å²) in [5, 5.41) is 12.8. The maximum Gasteiger partial charge on any atom is 0.317 e. The summed E-state index contributed by atoms with van der Waals surface area (Å²) in [5.41, 5.74) is 0. The molecular formula is C14H26N2O2. The lowest BCUT2D eigenvalue weighted by atomic mass is 9.96. The number of carbonyl (C=O) groups is 1. The molecule has 1 aliphatic rings. The summed E-state index contributed by atoms with van der Waals surface area (Å²) in [6.07, 6.45) is 5.38. The summed E-state index contributed by atoms with van der Waals surface area (Å²) in [6, 6.07) is 0.126. The Kier molecular flexibility index (Phi) is 6.19. The summed E-state index contributed by atoms with van der Waals surface area (Å²) in [5.74, 6) is 0.291. The minimum atomic E-state index is -0.388. The van der Waals surface area contributed by atoms with Crippen LogP contribution in [0.25, 0.3) is 0 Å². The van der Waals surface area contributed by atoms with Crippen molar-refractivity contribution in [3.05, 3.63) is 12.7 Å². The molecule has 0 saturated carbocycles. The third-order valence-corrected chi connectivity index (χ3v) is 3.62. The Balaban J connectivity index is 2.29. The van der Waals surface area contributed by atoms with Crippen molar-refractivity contribution in [2.75, 3.05) is 13.1 Å². The van der Waals surface area contributed by atoms with Crippen LogP contribution in [0.1, 0.15) is 39.5 Å². The molecule has 0 spiro atoms. The quantitative estimate of drug-likeness (QED) is 0.583. The molecule has 0 aromatic heterocycles. The molecule has 3 unspecified atom stereocenters. The largest absolute Gasteiger partial charge is 0.391 e. The minimum Gasteiger partial charge on any atom is -0.391 e. The van der Waals surface area contributed by atoms with Gasteiger partial charge in [-0.15, -0.1) is 6.58 Å². The zero-order valence-electron chi connectivity index (χ0n) is 11.6. The predicted octanol–water partition coefficient (Wildman–Crippen LogP) is 2.14. The van der Waals surface area contributed by atoms with Crippen molar-refractivity contribution >= 4 is 6.03 Å². The monoisotopic (exact) mass is 254 g/mol. The average Bonchev–Trinajstić information content (AvgIpc) is 2.33. The fourth-order valence-corrected chi connectivity index (χ4v) is 2.18. The smallest absolute Gasteiger partial charge is 0.317 e. The van der Waals surface area contributed by atoms with Crippen molar-refractivity contribution in [2.45, 2.75) is 51.7 Å². The van der Waals surface area contributed by atoms with Gasteiger partial charge in [-0.25, -0.2) is 4.79 Å². The number of nitrogens with one attached hydrogen (secondary N) is 1. The van der Waals surface area contributed by atoms with Crippen molar-refractivity contribution in [1.29, 1.82) is 0 Å². The second-order valence-electron chi connectivity index (χ2n) is 5.35. The van der Waals surface area contributed by atoms with Gasteiger partial charge < -0.3 is 15.3 Å². The highest BCUT2D eigenvalue weighted by Crippen LogP contribution is 2.17. The summed E-state index contributed by atoms with van der Waals surface area (Å²) in [4.78, 5) is 13.7. The van der Waals surface area contributed by atoms with Gasteiger partial charge in [0.25, 0.3) is 0 Å². The van der Waals surface area contributed by atoms with E-state index < -0.39 is 0 Å². The molecule has 4 heteroatoms. The number of piperidine rings is 1. The molecule has 1 aliphatic heterocycles. The van der Waals surface area contributed by atoms with Crippen LogP contribution in [0.2, 0.25) is 0 Å². The molecule has 0 bridgehead atoms. The molecule has 4 nitrogen and oxygen atoms in total. The first kappa shape index (κ1) is 15.0. The Morgan fingerprint density at radius 2 is 2.39 bits per heavy atom. The van der Waals surface area contributed by atoms with Crippen LogP contribution in [-0.4, -0.2) is 41.3 Å². The van der Waals surface area contributed by atoms with Crippen molar-refractivity contribution in [2.24, 2.45) is 5.92 Å². The highest BCUT2D eigenvalue weighted by Gasteiger charge is 2.27. The number of carbonyl (C=O) groups excluding carboxylic acids is 1. The molecule has 0 aromatic carbocycles. The molecule has 3 atom stereocenters. The molecule has 2 amide bonds. The Morgan fingerprint density at radius 1 is 1.67 bits per heavy atom. The Labute approximate surface area is 110 Å². The number of hydrogen-bond acceptors (Lipinski definition) is 2. The van der Waals surface area contributed by atoms with Gasteiger partial charge in [0, 0.05) is 19.1 Å². The third-order valence-electron chi connectivity index (χ3n) is 3.62. The second-order valence-corrected chi connectivity index (χ2v) is 5.35. The zero-order valence-corrected chi connectivity index (χ0v) is 11.6. The fraction of sp³-hybridized carbons (Fsp3) is 0.786. The maximum absolute atomic E-state index is 12.0. The number of urea groups is 1. The van der Waals surface area contributed by atoms with E-state index in [1.165, 1.54) is 0 Å². The molecule has 1 rings (SSSR count). The van der Waals surface area contributed by atoms with Crippen molar-refractivity contribution < 1.29 is 9.90 Å². The molecule has 2 N–H and O–H groups in total. The lowest BCUT2D eigenvalue weighted by Gasteiger charge is -2.34. The number of aliphatic hydroxyl groups is 1. The summed E-state index contributed by atoms with van der Waals surface area (Å²) in [6.45, 7) is 8.92.